The summed E-state index contributed by atoms with van der Waals surface area (Å²) < 4.78 is 0. The lowest BCUT2D eigenvalue weighted by Crippen LogP contribution is -1.82. The molecule has 0 fully saturated rings. The molecule has 0 amide bonds. The summed E-state index contributed by atoms with van der Waals surface area (Å²) in [6, 6.07) is 27.3. The fourth-order valence-electron chi connectivity index (χ4n) is 2.45. The molecule has 0 radical (unpaired) electrons. The number of hydrogen-bond acceptors (Lipinski definition) is 0. The van der Waals surface area contributed by atoms with Gasteiger partial charge in [-0.25, -0.2) is 0 Å². The van der Waals surface area contributed by atoms with Crippen molar-refractivity contribution in [1.82, 2.24) is 0 Å². The highest BCUT2D eigenvalue weighted by atomic mass is 14.0. The fourth-order valence-corrected chi connectivity index (χ4v) is 2.45. The first kappa shape index (κ1) is 15.1. The second-order valence-electron chi connectivity index (χ2n) is 5.60. The van der Waals surface area contributed by atoms with Crippen molar-refractivity contribution in [2.45, 2.75) is 6.92 Å². The lowest BCUT2D eigenvalue weighted by Gasteiger charge is -2.03. The van der Waals surface area contributed by atoms with Crippen molar-refractivity contribution >= 4 is 24.3 Å². The largest absolute Gasteiger partial charge is 0.0622 e. The van der Waals surface area contributed by atoms with E-state index in [1.54, 1.807) is 0 Å². The molecule has 0 N–H and O–H groups in total. The van der Waals surface area contributed by atoms with Gasteiger partial charge in [0.2, 0.25) is 0 Å². The van der Waals surface area contributed by atoms with Crippen molar-refractivity contribution in [2.75, 3.05) is 0 Å². The van der Waals surface area contributed by atoms with E-state index >= 15 is 0 Å². The van der Waals surface area contributed by atoms with E-state index in [2.05, 4.69) is 98.0 Å². The van der Waals surface area contributed by atoms with E-state index in [4.69, 9.17) is 0 Å². The lowest BCUT2D eigenvalue weighted by molar-refractivity contribution is 1.43. The normalized spacial score (nSPS) is 11.3. The molecule has 0 spiro atoms. The highest BCUT2D eigenvalue weighted by Crippen LogP contribution is 2.17. The van der Waals surface area contributed by atoms with Gasteiger partial charge in [0.15, 0.2) is 0 Å². The van der Waals surface area contributed by atoms with Crippen molar-refractivity contribution in [2.24, 2.45) is 0 Å². The Bertz CT molecular complexity index is 809. The van der Waals surface area contributed by atoms with Crippen LogP contribution < -0.4 is 0 Å². The molecule has 0 aromatic heterocycles. The van der Waals surface area contributed by atoms with Crippen LogP contribution in [0.3, 0.4) is 0 Å². The molecule has 3 rings (SSSR count). The standard InChI is InChI=1S/C23H20/c1-19-12-13-22(15-14-20-8-4-2-5-9-20)18-23(19)17-16-21-10-6-3-7-11-21/h2-18H,1H3. The van der Waals surface area contributed by atoms with Crippen molar-refractivity contribution in [3.8, 4) is 0 Å². The van der Waals surface area contributed by atoms with Crippen molar-refractivity contribution < 1.29 is 0 Å². The molecule has 0 saturated carbocycles. The summed E-state index contributed by atoms with van der Waals surface area (Å²) in [6.07, 6.45) is 8.65. The van der Waals surface area contributed by atoms with Crippen molar-refractivity contribution in [1.29, 1.82) is 0 Å². The number of rotatable bonds is 4. The lowest BCUT2D eigenvalue weighted by atomic mass is 10.0. The molecule has 0 nitrogen and oxygen atoms in total. The Hall–Kier alpha value is -2.86. The number of aryl methyl sites for hydroxylation is 1. The summed E-state index contributed by atoms with van der Waals surface area (Å²) in [5.74, 6) is 0. The van der Waals surface area contributed by atoms with Crippen molar-refractivity contribution in [3.05, 3.63) is 107 Å². The zero-order valence-corrected chi connectivity index (χ0v) is 13.3. The van der Waals surface area contributed by atoms with E-state index in [0.29, 0.717) is 0 Å². The van der Waals surface area contributed by atoms with Crippen LogP contribution in [0.15, 0.2) is 78.9 Å². The molecule has 0 aliphatic heterocycles. The van der Waals surface area contributed by atoms with E-state index in [0.717, 1.165) is 0 Å². The Labute approximate surface area is 138 Å². The summed E-state index contributed by atoms with van der Waals surface area (Å²) >= 11 is 0. The Balaban J connectivity index is 1.82. The summed E-state index contributed by atoms with van der Waals surface area (Å²) in [4.78, 5) is 0. The first-order chi connectivity index (χ1) is 11.3. The molecule has 0 aliphatic carbocycles. The van der Waals surface area contributed by atoms with Gasteiger partial charge in [-0.15, -0.1) is 0 Å². The smallest absolute Gasteiger partial charge is 0.0221 e. The second-order valence-corrected chi connectivity index (χ2v) is 5.60. The van der Waals surface area contributed by atoms with Crippen LogP contribution in [0, 0.1) is 6.92 Å². The highest BCUT2D eigenvalue weighted by Gasteiger charge is 1.96. The minimum Gasteiger partial charge on any atom is -0.0622 e. The van der Waals surface area contributed by atoms with Crippen LogP contribution in [0.4, 0.5) is 0 Å². The molecule has 0 bridgehead atoms. The van der Waals surface area contributed by atoms with Gasteiger partial charge >= 0.3 is 0 Å². The number of benzene rings is 3. The monoisotopic (exact) mass is 296 g/mol. The third-order valence-electron chi connectivity index (χ3n) is 3.83. The molecule has 0 aliphatic rings. The van der Waals surface area contributed by atoms with E-state index in [1.807, 2.05) is 12.1 Å². The van der Waals surface area contributed by atoms with Gasteiger partial charge in [0.05, 0.1) is 0 Å². The zero-order valence-electron chi connectivity index (χ0n) is 13.3. The van der Waals surface area contributed by atoms with Crippen LogP contribution in [-0.2, 0) is 0 Å². The first-order valence-electron chi connectivity index (χ1n) is 7.88. The third kappa shape index (κ3) is 4.31. The summed E-state index contributed by atoms with van der Waals surface area (Å²) in [6.45, 7) is 2.15. The average Bonchev–Trinajstić information content (AvgIpc) is 2.62. The van der Waals surface area contributed by atoms with Gasteiger partial charge in [0.25, 0.3) is 0 Å². The molecule has 0 unspecified atom stereocenters. The van der Waals surface area contributed by atoms with Crippen LogP contribution in [0.5, 0.6) is 0 Å². The molecule has 0 heteroatoms. The van der Waals surface area contributed by atoms with E-state index in [-0.39, 0.29) is 0 Å². The summed E-state index contributed by atoms with van der Waals surface area (Å²) in [5.41, 5.74) is 6.19. The van der Waals surface area contributed by atoms with Crippen LogP contribution in [0.2, 0.25) is 0 Å². The van der Waals surface area contributed by atoms with Crippen molar-refractivity contribution in [3.63, 3.8) is 0 Å². The Kier molecular flexibility index (Phi) is 4.85. The number of hydrogen-bond donors (Lipinski definition) is 0. The Morgan fingerprint density at radius 2 is 1.04 bits per heavy atom. The maximum Gasteiger partial charge on any atom is -0.0221 e. The molecule has 0 atom stereocenters. The minimum atomic E-state index is 1.21. The summed E-state index contributed by atoms with van der Waals surface area (Å²) in [5, 5.41) is 0. The first-order valence-corrected chi connectivity index (χ1v) is 7.88. The predicted molar refractivity (Wildman–Crippen MR) is 102 cm³/mol. The summed E-state index contributed by atoms with van der Waals surface area (Å²) in [7, 11) is 0. The van der Waals surface area contributed by atoms with Gasteiger partial charge < -0.3 is 0 Å². The third-order valence-corrected chi connectivity index (χ3v) is 3.83. The molecule has 23 heavy (non-hydrogen) atoms. The molecule has 3 aromatic rings. The van der Waals surface area contributed by atoms with Gasteiger partial charge in [-0.05, 0) is 40.8 Å². The molecular formula is C23H20. The predicted octanol–water partition coefficient (Wildman–Crippen LogP) is 6.34. The van der Waals surface area contributed by atoms with E-state index < -0.39 is 0 Å². The molecule has 0 heterocycles. The topological polar surface area (TPSA) is 0 Å². The average molecular weight is 296 g/mol. The van der Waals surface area contributed by atoms with Crippen LogP contribution in [0.25, 0.3) is 24.3 Å². The van der Waals surface area contributed by atoms with Crippen LogP contribution in [-0.4, -0.2) is 0 Å². The zero-order chi connectivity index (χ0) is 15.9. The maximum atomic E-state index is 2.23. The maximum absolute atomic E-state index is 2.23. The van der Waals surface area contributed by atoms with Gasteiger partial charge in [-0.3, -0.25) is 0 Å². The SMILES string of the molecule is Cc1ccc(C=Cc2ccccc2)cc1C=Cc1ccccc1. The van der Waals surface area contributed by atoms with Crippen LogP contribution in [0.1, 0.15) is 27.8 Å². The minimum absolute atomic E-state index is 1.21. The quantitative estimate of drug-likeness (QED) is 0.493. The Morgan fingerprint density at radius 3 is 1.65 bits per heavy atom. The molecule has 112 valence electrons. The highest BCUT2D eigenvalue weighted by molar-refractivity contribution is 5.75. The van der Waals surface area contributed by atoms with Gasteiger partial charge in [-0.2, -0.15) is 0 Å². The molecule has 3 aromatic carbocycles. The van der Waals surface area contributed by atoms with E-state index in [9.17, 15) is 0 Å². The van der Waals surface area contributed by atoms with Gasteiger partial charge in [0, 0.05) is 0 Å². The fraction of sp³-hybridized carbons (Fsp3) is 0.0435. The Morgan fingerprint density at radius 1 is 0.522 bits per heavy atom. The van der Waals surface area contributed by atoms with E-state index in [1.165, 1.54) is 27.8 Å². The van der Waals surface area contributed by atoms with Crippen LogP contribution >= 0.6 is 0 Å². The van der Waals surface area contributed by atoms with Gasteiger partial charge in [-0.1, -0.05) is 97.1 Å². The van der Waals surface area contributed by atoms with Gasteiger partial charge in [0.1, 0.15) is 0 Å². The second kappa shape index (κ2) is 7.42. The molecular weight excluding hydrogens is 276 g/mol. The molecule has 0 saturated heterocycles.